The van der Waals surface area contributed by atoms with Crippen LogP contribution in [0, 0.1) is 0 Å². The predicted octanol–water partition coefficient (Wildman–Crippen LogP) is 2.75. The Morgan fingerprint density at radius 3 is 2.71 bits per heavy atom. The number of ether oxygens (including phenoxy) is 1. The Labute approximate surface area is 131 Å². The zero-order chi connectivity index (χ0) is 15.5. The lowest BCUT2D eigenvalue weighted by molar-refractivity contribution is -0.0905. The van der Waals surface area contributed by atoms with Gasteiger partial charge in [-0.25, -0.2) is 18.1 Å². The number of hydrogen-bond acceptors (Lipinski definition) is 4. The van der Waals surface area contributed by atoms with Crippen LogP contribution in [0.4, 0.5) is 0 Å². The molecular formula is C14H21ClN2O3S. The molecule has 0 bridgehead atoms. The molecule has 0 amide bonds. The third-order valence-electron chi connectivity index (χ3n) is 4.11. The molecule has 2 rings (SSSR count). The molecule has 7 heteroatoms. The van der Waals surface area contributed by atoms with Crippen molar-refractivity contribution in [2.24, 2.45) is 0 Å². The first-order chi connectivity index (χ1) is 9.91. The maximum absolute atomic E-state index is 12.4. The van der Waals surface area contributed by atoms with Gasteiger partial charge in [0, 0.05) is 18.8 Å². The average Bonchev–Trinajstić information content (AvgIpc) is 2.47. The van der Waals surface area contributed by atoms with Gasteiger partial charge in [-0.3, -0.25) is 0 Å². The SMILES string of the molecule is CCC1(CC)CC(NS(=O)(=O)c2ccc(Cl)nc2)CCO1. The van der Waals surface area contributed by atoms with E-state index in [0.29, 0.717) is 19.4 Å². The van der Waals surface area contributed by atoms with E-state index in [-0.39, 0.29) is 21.7 Å². The number of nitrogens with one attached hydrogen (secondary N) is 1. The number of sulfonamides is 1. The number of hydrogen-bond donors (Lipinski definition) is 1. The minimum atomic E-state index is -3.57. The van der Waals surface area contributed by atoms with E-state index in [9.17, 15) is 8.42 Å². The zero-order valence-electron chi connectivity index (χ0n) is 12.3. The summed E-state index contributed by atoms with van der Waals surface area (Å²) in [6.45, 7) is 4.72. The molecule has 5 nitrogen and oxygen atoms in total. The van der Waals surface area contributed by atoms with E-state index in [2.05, 4.69) is 23.6 Å². The second kappa shape index (κ2) is 6.60. The lowest BCUT2D eigenvalue weighted by Gasteiger charge is -2.40. The number of aromatic nitrogens is 1. The molecule has 1 unspecified atom stereocenters. The largest absolute Gasteiger partial charge is 0.375 e. The molecule has 1 N–H and O–H groups in total. The van der Waals surface area contributed by atoms with E-state index in [1.54, 1.807) is 0 Å². The lowest BCUT2D eigenvalue weighted by atomic mass is 9.86. The van der Waals surface area contributed by atoms with Crippen molar-refractivity contribution in [3.8, 4) is 0 Å². The Morgan fingerprint density at radius 2 is 2.14 bits per heavy atom. The van der Waals surface area contributed by atoms with Crippen molar-refractivity contribution in [2.75, 3.05) is 6.61 Å². The van der Waals surface area contributed by atoms with Gasteiger partial charge in [0.15, 0.2) is 0 Å². The summed E-state index contributed by atoms with van der Waals surface area (Å²) in [7, 11) is -3.57. The highest BCUT2D eigenvalue weighted by molar-refractivity contribution is 7.89. The van der Waals surface area contributed by atoms with Crippen molar-refractivity contribution in [1.29, 1.82) is 0 Å². The van der Waals surface area contributed by atoms with E-state index in [0.717, 1.165) is 12.8 Å². The van der Waals surface area contributed by atoms with Crippen LogP contribution in [0.5, 0.6) is 0 Å². The molecule has 0 aliphatic carbocycles. The van der Waals surface area contributed by atoms with Crippen molar-refractivity contribution in [3.63, 3.8) is 0 Å². The molecule has 0 aromatic carbocycles. The quantitative estimate of drug-likeness (QED) is 0.842. The van der Waals surface area contributed by atoms with Gasteiger partial charge in [0.25, 0.3) is 0 Å². The second-order valence-electron chi connectivity index (χ2n) is 5.37. The third kappa shape index (κ3) is 3.94. The minimum absolute atomic E-state index is 0.112. The van der Waals surface area contributed by atoms with E-state index in [4.69, 9.17) is 16.3 Å². The van der Waals surface area contributed by atoms with Gasteiger partial charge in [-0.05, 0) is 37.8 Å². The first-order valence-corrected chi connectivity index (χ1v) is 9.05. The number of pyridine rings is 1. The van der Waals surface area contributed by atoms with E-state index >= 15 is 0 Å². The Bertz CT molecular complexity index is 570. The number of rotatable bonds is 5. The fourth-order valence-electron chi connectivity index (χ4n) is 2.68. The van der Waals surface area contributed by atoms with Gasteiger partial charge >= 0.3 is 0 Å². The summed E-state index contributed by atoms with van der Waals surface area (Å²) in [5, 5.41) is 0.274. The van der Waals surface area contributed by atoms with Crippen molar-refractivity contribution in [2.45, 2.75) is 56.1 Å². The van der Waals surface area contributed by atoms with Gasteiger partial charge in [0.2, 0.25) is 10.0 Å². The van der Waals surface area contributed by atoms with E-state index in [1.165, 1.54) is 18.3 Å². The molecule has 1 fully saturated rings. The van der Waals surface area contributed by atoms with Crippen molar-refractivity contribution < 1.29 is 13.2 Å². The monoisotopic (exact) mass is 332 g/mol. The molecule has 118 valence electrons. The molecule has 1 aromatic heterocycles. The fourth-order valence-corrected chi connectivity index (χ4v) is 4.01. The molecule has 0 spiro atoms. The molecule has 0 radical (unpaired) electrons. The Balaban J connectivity index is 2.11. The Morgan fingerprint density at radius 1 is 1.43 bits per heavy atom. The van der Waals surface area contributed by atoms with Crippen LogP contribution in [0.3, 0.4) is 0 Å². The molecule has 1 atom stereocenters. The van der Waals surface area contributed by atoms with Crippen LogP contribution >= 0.6 is 11.6 Å². The Kier molecular flexibility index (Phi) is 5.24. The normalized spacial score (nSPS) is 22.1. The summed E-state index contributed by atoms with van der Waals surface area (Å²) < 4.78 is 33.4. The number of nitrogens with zero attached hydrogens (tertiary/aromatic N) is 1. The first kappa shape index (κ1) is 16.7. The highest BCUT2D eigenvalue weighted by atomic mass is 35.5. The Hall–Kier alpha value is -0.690. The van der Waals surface area contributed by atoms with Crippen molar-refractivity contribution >= 4 is 21.6 Å². The van der Waals surface area contributed by atoms with Gasteiger partial charge in [0.05, 0.1) is 5.60 Å². The molecule has 0 saturated carbocycles. The molecule has 1 saturated heterocycles. The molecule has 21 heavy (non-hydrogen) atoms. The fraction of sp³-hybridized carbons (Fsp3) is 0.643. The summed E-state index contributed by atoms with van der Waals surface area (Å²) in [6.07, 6.45) is 4.41. The highest BCUT2D eigenvalue weighted by Gasteiger charge is 2.36. The summed E-state index contributed by atoms with van der Waals surface area (Å²) in [5.41, 5.74) is -0.219. The molecule has 1 aliphatic heterocycles. The van der Waals surface area contributed by atoms with E-state index < -0.39 is 10.0 Å². The van der Waals surface area contributed by atoms with Crippen LogP contribution in [0.25, 0.3) is 0 Å². The highest BCUT2D eigenvalue weighted by Crippen LogP contribution is 2.32. The van der Waals surface area contributed by atoms with Crippen LogP contribution < -0.4 is 4.72 Å². The maximum atomic E-state index is 12.4. The topological polar surface area (TPSA) is 68.3 Å². The molecular weight excluding hydrogens is 312 g/mol. The van der Waals surface area contributed by atoms with Crippen LogP contribution in [0.1, 0.15) is 39.5 Å². The van der Waals surface area contributed by atoms with Gasteiger partial charge in [-0.15, -0.1) is 0 Å². The van der Waals surface area contributed by atoms with Gasteiger partial charge in [0.1, 0.15) is 10.0 Å². The third-order valence-corrected chi connectivity index (χ3v) is 5.84. The first-order valence-electron chi connectivity index (χ1n) is 7.18. The van der Waals surface area contributed by atoms with E-state index in [1.807, 2.05) is 0 Å². The van der Waals surface area contributed by atoms with Crippen LogP contribution in [-0.4, -0.2) is 31.7 Å². The maximum Gasteiger partial charge on any atom is 0.242 e. The zero-order valence-corrected chi connectivity index (χ0v) is 13.9. The molecule has 2 heterocycles. The average molecular weight is 333 g/mol. The summed E-state index contributed by atoms with van der Waals surface area (Å²) >= 11 is 5.69. The summed E-state index contributed by atoms with van der Waals surface area (Å²) in [4.78, 5) is 3.96. The predicted molar refractivity (Wildman–Crippen MR) is 81.9 cm³/mol. The standard InChI is InChI=1S/C14H21ClN2O3S/c1-3-14(4-2)9-11(7-8-20-14)17-21(18,19)12-5-6-13(15)16-10-12/h5-6,10-11,17H,3-4,7-9H2,1-2H3. The summed E-state index contributed by atoms with van der Waals surface area (Å²) in [5.74, 6) is 0. The lowest BCUT2D eigenvalue weighted by Crippen LogP contribution is -2.48. The van der Waals surface area contributed by atoms with Crippen LogP contribution in [0.15, 0.2) is 23.2 Å². The van der Waals surface area contributed by atoms with Gasteiger partial charge in [-0.1, -0.05) is 25.4 Å². The van der Waals surface area contributed by atoms with Crippen LogP contribution in [-0.2, 0) is 14.8 Å². The van der Waals surface area contributed by atoms with Gasteiger partial charge < -0.3 is 4.74 Å². The smallest absolute Gasteiger partial charge is 0.242 e. The molecule has 1 aliphatic rings. The van der Waals surface area contributed by atoms with Gasteiger partial charge in [-0.2, -0.15) is 0 Å². The molecule has 1 aromatic rings. The van der Waals surface area contributed by atoms with Crippen LogP contribution in [0.2, 0.25) is 5.15 Å². The second-order valence-corrected chi connectivity index (χ2v) is 7.47. The van der Waals surface area contributed by atoms with Crippen molar-refractivity contribution in [3.05, 3.63) is 23.5 Å². The minimum Gasteiger partial charge on any atom is -0.375 e. The number of halogens is 1. The summed E-state index contributed by atoms with van der Waals surface area (Å²) in [6, 6.07) is 2.83. The van der Waals surface area contributed by atoms with Crippen molar-refractivity contribution in [1.82, 2.24) is 9.71 Å².